The molecule has 0 spiro atoms. The number of allylic oxidation sites excluding steroid dienone is 2. The van der Waals surface area contributed by atoms with Gasteiger partial charge >= 0.3 is 5.97 Å². The highest BCUT2D eigenvalue weighted by molar-refractivity contribution is 6.30. The minimum absolute atomic E-state index is 0.213. The van der Waals surface area contributed by atoms with E-state index in [-0.39, 0.29) is 5.78 Å². The molecule has 0 amide bonds. The molecule has 1 aromatic carbocycles. The third kappa shape index (κ3) is 3.35. The number of hydrogen-bond acceptors (Lipinski definition) is 4. The van der Waals surface area contributed by atoms with Crippen LogP contribution in [0.2, 0.25) is 5.02 Å². The SMILES string of the molecule is COC(=O)[C@@H]1CCC(Nc2ccc(Cl)cc2)=CC1=O. The summed E-state index contributed by atoms with van der Waals surface area (Å²) in [6.45, 7) is 0. The number of carbonyl (C=O) groups is 2. The molecule has 1 aliphatic rings. The quantitative estimate of drug-likeness (QED) is 0.683. The van der Waals surface area contributed by atoms with Crippen molar-refractivity contribution in [2.24, 2.45) is 5.92 Å². The summed E-state index contributed by atoms with van der Waals surface area (Å²) < 4.78 is 4.60. The van der Waals surface area contributed by atoms with Gasteiger partial charge in [-0.3, -0.25) is 9.59 Å². The summed E-state index contributed by atoms with van der Waals surface area (Å²) >= 11 is 5.80. The van der Waals surface area contributed by atoms with Gasteiger partial charge in [-0.25, -0.2) is 0 Å². The van der Waals surface area contributed by atoms with Crippen LogP contribution in [0, 0.1) is 5.92 Å². The molecule has 0 bridgehead atoms. The van der Waals surface area contributed by atoms with Crippen molar-refractivity contribution in [3.05, 3.63) is 41.1 Å². The van der Waals surface area contributed by atoms with Crippen LogP contribution in [0.4, 0.5) is 5.69 Å². The Kier molecular flexibility index (Phi) is 4.22. The van der Waals surface area contributed by atoms with Crippen LogP contribution in [-0.4, -0.2) is 18.9 Å². The van der Waals surface area contributed by atoms with Crippen molar-refractivity contribution in [3.8, 4) is 0 Å². The van der Waals surface area contributed by atoms with E-state index in [9.17, 15) is 9.59 Å². The van der Waals surface area contributed by atoms with E-state index in [0.29, 0.717) is 17.9 Å². The number of halogens is 1. The maximum absolute atomic E-state index is 11.8. The van der Waals surface area contributed by atoms with Gasteiger partial charge in [-0.15, -0.1) is 0 Å². The van der Waals surface area contributed by atoms with Crippen molar-refractivity contribution in [1.29, 1.82) is 0 Å². The molecule has 0 unspecified atom stereocenters. The number of anilines is 1. The van der Waals surface area contributed by atoms with Crippen LogP contribution in [-0.2, 0) is 14.3 Å². The largest absolute Gasteiger partial charge is 0.468 e. The minimum Gasteiger partial charge on any atom is -0.468 e. The van der Waals surface area contributed by atoms with Crippen LogP contribution < -0.4 is 5.32 Å². The maximum atomic E-state index is 11.8. The lowest BCUT2D eigenvalue weighted by molar-refractivity contribution is -0.148. The van der Waals surface area contributed by atoms with Crippen LogP contribution >= 0.6 is 11.6 Å². The van der Waals surface area contributed by atoms with Gasteiger partial charge in [0.05, 0.1) is 7.11 Å². The fraction of sp³-hybridized carbons (Fsp3) is 0.286. The molecular formula is C14H14ClNO3. The zero-order chi connectivity index (χ0) is 13.8. The molecule has 4 nitrogen and oxygen atoms in total. The number of hydrogen-bond donors (Lipinski definition) is 1. The average molecular weight is 280 g/mol. The number of ether oxygens (including phenoxy) is 1. The summed E-state index contributed by atoms with van der Waals surface area (Å²) in [5.74, 6) is -1.35. The fourth-order valence-corrected chi connectivity index (χ4v) is 2.11. The Balaban J connectivity index is 2.05. The zero-order valence-electron chi connectivity index (χ0n) is 10.5. The Morgan fingerprint density at radius 2 is 2.05 bits per heavy atom. The highest BCUT2D eigenvalue weighted by atomic mass is 35.5. The lowest BCUT2D eigenvalue weighted by Crippen LogP contribution is -2.28. The normalized spacial score (nSPS) is 18.7. The zero-order valence-corrected chi connectivity index (χ0v) is 11.2. The minimum atomic E-state index is -0.666. The van der Waals surface area contributed by atoms with Crippen molar-refractivity contribution in [3.63, 3.8) is 0 Å². The van der Waals surface area contributed by atoms with Gasteiger partial charge in [-0.1, -0.05) is 11.6 Å². The van der Waals surface area contributed by atoms with Gasteiger partial charge < -0.3 is 10.1 Å². The van der Waals surface area contributed by atoms with Crippen LogP contribution in [0.5, 0.6) is 0 Å². The first-order chi connectivity index (χ1) is 9.10. The predicted molar refractivity (Wildman–Crippen MR) is 72.9 cm³/mol. The first kappa shape index (κ1) is 13.6. The standard InChI is InChI=1S/C14H14ClNO3/c1-19-14(18)12-7-6-11(8-13(12)17)16-10-4-2-9(15)3-5-10/h2-5,8,12,16H,6-7H2,1H3/t12-/m1/s1. The van der Waals surface area contributed by atoms with Crippen LogP contribution in [0.15, 0.2) is 36.0 Å². The van der Waals surface area contributed by atoms with E-state index in [0.717, 1.165) is 11.4 Å². The van der Waals surface area contributed by atoms with E-state index in [1.54, 1.807) is 12.1 Å². The topological polar surface area (TPSA) is 55.4 Å². The fourth-order valence-electron chi connectivity index (χ4n) is 1.98. The molecular weight excluding hydrogens is 266 g/mol. The molecule has 0 heterocycles. The summed E-state index contributed by atoms with van der Waals surface area (Å²) in [5, 5.41) is 3.80. The molecule has 19 heavy (non-hydrogen) atoms. The van der Waals surface area contributed by atoms with Crippen LogP contribution in [0.3, 0.4) is 0 Å². The summed E-state index contributed by atoms with van der Waals surface area (Å²) in [5.41, 5.74) is 1.66. The summed E-state index contributed by atoms with van der Waals surface area (Å²) in [6.07, 6.45) is 2.58. The van der Waals surface area contributed by atoms with Gasteiger partial charge in [-0.2, -0.15) is 0 Å². The van der Waals surface area contributed by atoms with Crippen molar-refractivity contribution < 1.29 is 14.3 Å². The first-order valence-corrected chi connectivity index (χ1v) is 6.33. The monoisotopic (exact) mass is 279 g/mol. The van der Waals surface area contributed by atoms with Crippen molar-refractivity contribution in [1.82, 2.24) is 0 Å². The molecule has 1 aliphatic carbocycles. The molecule has 0 radical (unpaired) electrons. The molecule has 0 aliphatic heterocycles. The van der Waals surface area contributed by atoms with E-state index >= 15 is 0 Å². The van der Waals surface area contributed by atoms with Crippen LogP contribution in [0.1, 0.15) is 12.8 Å². The van der Waals surface area contributed by atoms with Crippen molar-refractivity contribution >= 4 is 29.0 Å². The second kappa shape index (κ2) is 5.89. The number of benzene rings is 1. The molecule has 1 aromatic rings. The number of nitrogens with one attached hydrogen (secondary N) is 1. The Morgan fingerprint density at radius 1 is 1.37 bits per heavy atom. The predicted octanol–water partition coefficient (Wildman–Crippen LogP) is 2.79. The second-order valence-electron chi connectivity index (χ2n) is 4.32. The average Bonchev–Trinajstić information content (AvgIpc) is 2.41. The van der Waals surface area contributed by atoms with Gasteiger partial charge in [-0.05, 0) is 37.1 Å². The maximum Gasteiger partial charge on any atom is 0.316 e. The molecule has 1 atom stereocenters. The first-order valence-electron chi connectivity index (χ1n) is 5.95. The molecule has 0 aromatic heterocycles. The Labute approximate surface area is 116 Å². The second-order valence-corrected chi connectivity index (χ2v) is 4.75. The molecule has 2 rings (SSSR count). The third-order valence-electron chi connectivity index (χ3n) is 3.00. The summed E-state index contributed by atoms with van der Waals surface area (Å²) in [6, 6.07) is 7.21. The lowest BCUT2D eigenvalue weighted by Gasteiger charge is -2.20. The highest BCUT2D eigenvalue weighted by Crippen LogP contribution is 2.24. The van der Waals surface area contributed by atoms with Gasteiger partial charge in [0.15, 0.2) is 5.78 Å². The van der Waals surface area contributed by atoms with Crippen molar-refractivity contribution in [2.75, 3.05) is 12.4 Å². The number of ketones is 1. The highest BCUT2D eigenvalue weighted by Gasteiger charge is 2.29. The Bertz CT molecular complexity index is 522. The molecule has 5 heteroatoms. The number of rotatable bonds is 3. The molecule has 0 saturated carbocycles. The molecule has 100 valence electrons. The molecule has 1 N–H and O–H groups in total. The smallest absolute Gasteiger partial charge is 0.316 e. The number of carbonyl (C=O) groups excluding carboxylic acids is 2. The summed E-state index contributed by atoms with van der Waals surface area (Å²) in [4.78, 5) is 23.2. The van der Waals surface area contributed by atoms with E-state index in [1.807, 2.05) is 12.1 Å². The lowest BCUT2D eigenvalue weighted by atomic mass is 9.91. The van der Waals surface area contributed by atoms with E-state index in [4.69, 9.17) is 11.6 Å². The molecule has 0 fully saturated rings. The van der Waals surface area contributed by atoms with Crippen molar-refractivity contribution in [2.45, 2.75) is 12.8 Å². The number of methoxy groups -OCH3 is 1. The van der Waals surface area contributed by atoms with Gasteiger partial charge in [0.2, 0.25) is 0 Å². The van der Waals surface area contributed by atoms with E-state index in [1.165, 1.54) is 13.2 Å². The van der Waals surface area contributed by atoms with Crippen LogP contribution in [0.25, 0.3) is 0 Å². The number of esters is 1. The molecule has 0 saturated heterocycles. The van der Waals surface area contributed by atoms with Gasteiger partial charge in [0.25, 0.3) is 0 Å². The Hall–Kier alpha value is -1.81. The Morgan fingerprint density at radius 3 is 2.63 bits per heavy atom. The third-order valence-corrected chi connectivity index (χ3v) is 3.25. The van der Waals surface area contributed by atoms with Gasteiger partial charge in [0.1, 0.15) is 5.92 Å². The van der Waals surface area contributed by atoms with Gasteiger partial charge in [0, 0.05) is 22.5 Å². The summed E-state index contributed by atoms with van der Waals surface area (Å²) in [7, 11) is 1.29. The van der Waals surface area contributed by atoms with E-state index in [2.05, 4.69) is 10.1 Å². The van der Waals surface area contributed by atoms with E-state index < -0.39 is 11.9 Å².